The molecule has 1 fully saturated rings. The lowest BCUT2D eigenvalue weighted by atomic mass is 9.86. The van der Waals surface area contributed by atoms with E-state index in [9.17, 15) is 17.6 Å². The molecule has 168 valence electrons. The second kappa shape index (κ2) is 8.52. The third-order valence-electron chi connectivity index (χ3n) is 5.38. The van der Waals surface area contributed by atoms with Crippen LogP contribution in [0.3, 0.4) is 0 Å². The number of piperidine rings is 1. The molecule has 3 aromatic rings. The Labute approximate surface area is 188 Å². The van der Waals surface area contributed by atoms with Gasteiger partial charge in [-0.05, 0) is 24.5 Å². The summed E-state index contributed by atoms with van der Waals surface area (Å²) in [5.74, 6) is -1.28. The lowest BCUT2D eigenvalue weighted by Crippen LogP contribution is -2.42. The largest absolute Gasteiger partial charge is 0.363 e. The molecular weight excluding hydrogens is 461 g/mol. The second-order valence-electron chi connectivity index (χ2n) is 7.49. The standard InChI is InChI=1S/C19H19ClFN7O3S/c1-10-9-28(32(30,31)12-7-24-19(17(22)29)25-8-12)5-4-13(10)15-16(20)27-18(26-15)14-3-2-11(21)6-23-14/h2-3,6-8,10,13H,4-5,9H2,1H3,(H2,22,29)(H,26,27)/t10-,13+/m0/s1. The van der Waals surface area contributed by atoms with Gasteiger partial charge in [0, 0.05) is 19.0 Å². The van der Waals surface area contributed by atoms with Gasteiger partial charge >= 0.3 is 0 Å². The van der Waals surface area contributed by atoms with Crippen molar-refractivity contribution in [3.05, 3.63) is 53.2 Å². The van der Waals surface area contributed by atoms with Gasteiger partial charge in [0.25, 0.3) is 5.91 Å². The summed E-state index contributed by atoms with van der Waals surface area (Å²) >= 11 is 6.36. The van der Waals surface area contributed by atoms with E-state index in [1.165, 1.54) is 16.4 Å². The molecule has 32 heavy (non-hydrogen) atoms. The number of pyridine rings is 1. The molecular formula is C19H19ClFN7O3S. The van der Waals surface area contributed by atoms with Crippen molar-refractivity contribution < 1.29 is 17.6 Å². The number of nitrogens with one attached hydrogen (secondary N) is 1. The highest BCUT2D eigenvalue weighted by Gasteiger charge is 2.36. The number of rotatable bonds is 5. The Hall–Kier alpha value is -2.96. The maximum absolute atomic E-state index is 13.1. The van der Waals surface area contributed by atoms with Gasteiger partial charge in [-0.15, -0.1) is 0 Å². The predicted octanol–water partition coefficient (Wildman–Crippen LogP) is 1.97. The van der Waals surface area contributed by atoms with Gasteiger partial charge in [-0.3, -0.25) is 4.79 Å². The lowest BCUT2D eigenvalue weighted by molar-refractivity contribution is 0.0990. The number of nitrogens with two attached hydrogens (primary N) is 1. The van der Waals surface area contributed by atoms with E-state index in [2.05, 4.69) is 24.9 Å². The smallest absolute Gasteiger partial charge is 0.286 e. The van der Waals surface area contributed by atoms with E-state index in [-0.39, 0.29) is 40.8 Å². The van der Waals surface area contributed by atoms with Gasteiger partial charge in [0.2, 0.25) is 15.8 Å². The molecule has 0 aliphatic carbocycles. The first-order valence-electron chi connectivity index (χ1n) is 9.66. The van der Waals surface area contributed by atoms with E-state index in [0.29, 0.717) is 23.6 Å². The molecule has 3 N–H and O–H groups in total. The van der Waals surface area contributed by atoms with E-state index < -0.39 is 21.7 Å². The van der Waals surface area contributed by atoms with Crippen molar-refractivity contribution in [2.75, 3.05) is 13.1 Å². The van der Waals surface area contributed by atoms with Crippen molar-refractivity contribution in [3.63, 3.8) is 0 Å². The molecule has 0 radical (unpaired) electrons. The number of halogens is 2. The van der Waals surface area contributed by atoms with Gasteiger partial charge in [0.05, 0.1) is 24.3 Å². The number of primary amides is 1. The third kappa shape index (κ3) is 4.20. The first-order chi connectivity index (χ1) is 15.2. The molecule has 1 saturated heterocycles. The molecule has 4 heterocycles. The number of carbonyl (C=O) groups excluding carboxylic acids is 1. The minimum Gasteiger partial charge on any atom is -0.363 e. The first kappa shape index (κ1) is 22.2. The highest BCUT2D eigenvalue weighted by molar-refractivity contribution is 7.89. The van der Waals surface area contributed by atoms with Crippen LogP contribution in [0.5, 0.6) is 0 Å². The molecule has 4 rings (SSSR count). The summed E-state index contributed by atoms with van der Waals surface area (Å²) in [6.07, 6.45) is 3.75. The quantitative estimate of drug-likeness (QED) is 0.568. The Bertz CT molecular complexity index is 1250. The highest BCUT2D eigenvalue weighted by atomic mass is 35.5. The van der Waals surface area contributed by atoms with Crippen molar-refractivity contribution in [2.24, 2.45) is 11.7 Å². The van der Waals surface area contributed by atoms with Crippen LogP contribution in [-0.2, 0) is 10.0 Å². The summed E-state index contributed by atoms with van der Waals surface area (Å²) in [6.45, 7) is 2.41. The molecule has 1 amide bonds. The van der Waals surface area contributed by atoms with Crippen molar-refractivity contribution in [1.29, 1.82) is 0 Å². The van der Waals surface area contributed by atoms with E-state index in [1.807, 2.05) is 6.92 Å². The van der Waals surface area contributed by atoms with Crippen LogP contribution in [0.1, 0.15) is 35.6 Å². The molecule has 1 aliphatic rings. The molecule has 10 nitrogen and oxygen atoms in total. The summed E-state index contributed by atoms with van der Waals surface area (Å²) < 4.78 is 40.5. The zero-order valence-electron chi connectivity index (χ0n) is 16.9. The average molecular weight is 480 g/mol. The molecule has 0 unspecified atom stereocenters. The molecule has 3 aromatic heterocycles. The zero-order valence-corrected chi connectivity index (χ0v) is 18.4. The van der Waals surface area contributed by atoms with E-state index in [4.69, 9.17) is 17.3 Å². The molecule has 0 bridgehead atoms. The monoisotopic (exact) mass is 479 g/mol. The Morgan fingerprint density at radius 2 is 1.97 bits per heavy atom. The molecule has 0 spiro atoms. The van der Waals surface area contributed by atoms with E-state index >= 15 is 0 Å². The van der Waals surface area contributed by atoms with Crippen LogP contribution in [0, 0.1) is 11.7 Å². The summed E-state index contributed by atoms with van der Waals surface area (Å²) in [6, 6.07) is 2.78. The fraction of sp³-hybridized carbons (Fsp3) is 0.316. The van der Waals surface area contributed by atoms with Crippen molar-refractivity contribution in [2.45, 2.75) is 24.2 Å². The molecule has 13 heteroatoms. The topological polar surface area (TPSA) is 148 Å². The Morgan fingerprint density at radius 1 is 1.25 bits per heavy atom. The average Bonchev–Trinajstić information content (AvgIpc) is 3.15. The van der Waals surface area contributed by atoms with Gasteiger partial charge in [0.1, 0.15) is 16.4 Å². The van der Waals surface area contributed by atoms with Crippen LogP contribution >= 0.6 is 11.6 Å². The van der Waals surface area contributed by atoms with Crippen LogP contribution in [0.15, 0.2) is 35.6 Å². The maximum Gasteiger partial charge on any atom is 0.286 e. The highest BCUT2D eigenvalue weighted by Crippen LogP contribution is 2.37. The molecule has 0 aromatic carbocycles. The fourth-order valence-electron chi connectivity index (χ4n) is 3.73. The minimum absolute atomic E-state index is 0.0656. The Kier molecular flexibility index (Phi) is 5.93. The van der Waals surface area contributed by atoms with Crippen molar-refractivity contribution >= 4 is 27.5 Å². The molecule has 0 saturated carbocycles. The van der Waals surface area contributed by atoms with E-state index in [1.54, 1.807) is 0 Å². The third-order valence-corrected chi connectivity index (χ3v) is 7.49. The zero-order chi connectivity index (χ0) is 23.0. The van der Waals surface area contributed by atoms with Gasteiger partial charge in [-0.1, -0.05) is 18.5 Å². The Balaban J connectivity index is 1.52. The number of aromatic nitrogens is 5. The SMILES string of the molecule is C[C@H]1CN(S(=O)(=O)c2cnc(C(N)=O)nc2)CC[C@H]1c1[nH]c(-c2ccc(F)cn2)nc1Cl. The number of aromatic amines is 1. The van der Waals surface area contributed by atoms with E-state index in [0.717, 1.165) is 18.6 Å². The van der Waals surface area contributed by atoms with Gasteiger partial charge < -0.3 is 10.7 Å². The van der Waals surface area contributed by atoms with Crippen LogP contribution in [0.2, 0.25) is 5.15 Å². The Morgan fingerprint density at radius 3 is 2.56 bits per heavy atom. The summed E-state index contributed by atoms with van der Waals surface area (Å²) in [5, 5.41) is 0.273. The van der Waals surface area contributed by atoms with Crippen LogP contribution in [0.4, 0.5) is 4.39 Å². The number of sulfonamides is 1. The number of hydrogen-bond donors (Lipinski definition) is 2. The van der Waals surface area contributed by atoms with Crippen LogP contribution < -0.4 is 5.73 Å². The number of H-pyrrole nitrogens is 1. The summed E-state index contributed by atoms with van der Waals surface area (Å²) in [5.41, 5.74) is 6.24. The lowest BCUT2D eigenvalue weighted by Gasteiger charge is -2.35. The maximum atomic E-state index is 13.1. The minimum atomic E-state index is -3.84. The van der Waals surface area contributed by atoms with Gasteiger partial charge in [0.15, 0.2) is 11.0 Å². The summed E-state index contributed by atoms with van der Waals surface area (Å²) in [4.78, 5) is 29.9. The second-order valence-corrected chi connectivity index (χ2v) is 9.79. The number of imidazole rings is 1. The van der Waals surface area contributed by atoms with Crippen molar-refractivity contribution in [3.8, 4) is 11.5 Å². The van der Waals surface area contributed by atoms with Crippen LogP contribution in [-0.4, -0.2) is 56.6 Å². The van der Waals surface area contributed by atoms with Gasteiger partial charge in [-0.2, -0.15) is 4.31 Å². The fourth-order valence-corrected chi connectivity index (χ4v) is 5.45. The van der Waals surface area contributed by atoms with Crippen molar-refractivity contribution in [1.82, 2.24) is 29.2 Å². The summed E-state index contributed by atoms with van der Waals surface area (Å²) in [7, 11) is -3.84. The first-order valence-corrected chi connectivity index (χ1v) is 11.5. The number of hydrogen-bond acceptors (Lipinski definition) is 7. The number of carbonyl (C=O) groups is 1. The van der Waals surface area contributed by atoms with Gasteiger partial charge in [-0.25, -0.2) is 32.7 Å². The molecule has 1 aliphatic heterocycles. The number of amides is 1. The molecule has 2 atom stereocenters. The predicted molar refractivity (Wildman–Crippen MR) is 113 cm³/mol. The van der Waals surface area contributed by atoms with Crippen LogP contribution in [0.25, 0.3) is 11.5 Å². The number of nitrogens with zero attached hydrogens (tertiary/aromatic N) is 5. The normalized spacial score (nSPS) is 19.7.